The zero-order valence-electron chi connectivity index (χ0n) is 39.6. The molecular weight excluding hydrogens is 1030 g/mol. The molecule has 0 amide bonds. The molecule has 0 fully saturated rings. The summed E-state index contributed by atoms with van der Waals surface area (Å²) in [6.45, 7) is 15.7. The molecule has 0 saturated carbocycles. The SMILES string of the molecule is CC(C)c1cccc(C(C)C)c1-n1ccnc1-c1[c-]c(Oc2[c-]c3c(cc2)c2cc(-c4cc5c6c(c4)Oc4ccccc4B6c4ccccc4O5)ccc2n3-c2cc(C(C)(C)C)ccn2)ccc1.[Pt+2]. The Morgan fingerprint density at radius 1 is 0.609 bits per heavy atom. The Bertz CT molecular complexity index is 3540. The quantitative estimate of drug-likeness (QED) is 0.112. The normalized spacial score (nSPS) is 12.6. The summed E-state index contributed by atoms with van der Waals surface area (Å²) in [4.78, 5) is 9.85. The van der Waals surface area contributed by atoms with Gasteiger partial charge in [-0.2, -0.15) is 6.07 Å². The average molecular weight is 1080 g/mol. The molecule has 5 heterocycles. The summed E-state index contributed by atoms with van der Waals surface area (Å²) < 4.78 is 24.5. The second-order valence-corrected chi connectivity index (χ2v) is 19.6. The van der Waals surface area contributed by atoms with Crippen molar-refractivity contribution in [2.24, 2.45) is 0 Å². The molecule has 0 atom stereocenters. The topological polar surface area (TPSA) is 63.3 Å². The van der Waals surface area contributed by atoms with Gasteiger partial charge >= 0.3 is 21.1 Å². The summed E-state index contributed by atoms with van der Waals surface area (Å²) in [6.07, 6.45) is 5.82. The van der Waals surface area contributed by atoms with Gasteiger partial charge in [-0.1, -0.05) is 127 Å². The van der Waals surface area contributed by atoms with E-state index in [4.69, 9.17) is 24.2 Å². The first-order valence-corrected chi connectivity index (χ1v) is 23.5. The maximum absolute atomic E-state index is 6.69. The monoisotopic (exact) mass is 1080 g/mol. The van der Waals surface area contributed by atoms with E-state index in [0.29, 0.717) is 23.3 Å². The van der Waals surface area contributed by atoms with Gasteiger partial charge in [0.2, 0.25) is 0 Å². The first-order chi connectivity index (χ1) is 33.0. The van der Waals surface area contributed by atoms with E-state index in [0.717, 1.165) is 89.5 Å². The number of rotatable bonds is 8. The Morgan fingerprint density at radius 2 is 1.28 bits per heavy atom. The predicted molar refractivity (Wildman–Crippen MR) is 275 cm³/mol. The maximum Gasteiger partial charge on any atom is 2.00 e. The number of benzene rings is 7. The van der Waals surface area contributed by atoms with Crippen LogP contribution in [0.1, 0.15) is 77.0 Å². The van der Waals surface area contributed by atoms with Crippen LogP contribution in [0.5, 0.6) is 34.5 Å². The third kappa shape index (κ3) is 7.57. The summed E-state index contributed by atoms with van der Waals surface area (Å²) in [5.74, 6) is 6.77. The number of fused-ring (bicyclic) bond motifs is 7. The Balaban J connectivity index is 0.00000520. The van der Waals surface area contributed by atoms with E-state index >= 15 is 0 Å². The van der Waals surface area contributed by atoms with Gasteiger partial charge < -0.3 is 23.3 Å². The minimum Gasteiger partial charge on any atom is -0.503 e. The fraction of sp³-hybridized carbons (Fsp3) is 0.167. The third-order valence-electron chi connectivity index (χ3n) is 13.6. The van der Waals surface area contributed by atoms with Crippen LogP contribution in [0.3, 0.4) is 0 Å². The molecule has 12 rings (SSSR count). The Labute approximate surface area is 418 Å². The molecule has 7 aromatic carbocycles. The maximum atomic E-state index is 6.69. The van der Waals surface area contributed by atoms with E-state index < -0.39 is 0 Å². The summed E-state index contributed by atoms with van der Waals surface area (Å²) >= 11 is 0. The third-order valence-corrected chi connectivity index (χ3v) is 13.6. The Morgan fingerprint density at radius 3 is 1.96 bits per heavy atom. The van der Waals surface area contributed by atoms with Crippen LogP contribution in [0.15, 0.2) is 158 Å². The Kier molecular flexibility index (Phi) is 11.0. The van der Waals surface area contributed by atoms with Crippen LogP contribution in [-0.4, -0.2) is 25.8 Å². The van der Waals surface area contributed by atoms with E-state index in [1.165, 1.54) is 22.4 Å². The number of nitrogens with zero attached hydrogens (tertiary/aromatic N) is 4. The molecule has 7 nitrogen and oxygen atoms in total. The van der Waals surface area contributed by atoms with Gasteiger partial charge in [0, 0.05) is 46.8 Å². The number of ether oxygens (including phenoxy) is 3. The summed E-state index contributed by atoms with van der Waals surface area (Å²) in [5.41, 5.74) is 12.9. The number of para-hydroxylation sites is 3. The molecular formula is C60H49BN4O3Pt. The second kappa shape index (κ2) is 17.1. The minimum atomic E-state index is -0.0820. The molecule has 0 bridgehead atoms. The van der Waals surface area contributed by atoms with Crippen LogP contribution in [0.2, 0.25) is 0 Å². The molecule has 0 aliphatic carbocycles. The smallest absolute Gasteiger partial charge is 0.503 e. The number of pyridine rings is 1. The van der Waals surface area contributed by atoms with Gasteiger partial charge in [-0.15, -0.1) is 41.3 Å². The molecule has 69 heavy (non-hydrogen) atoms. The molecule has 0 saturated heterocycles. The number of imidazole rings is 1. The van der Waals surface area contributed by atoms with E-state index in [-0.39, 0.29) is 33.2 Å². The van der Waals surface area contributed by atoms with E-state index in [2.05, 4.69) is 179 Å². The standard InChI is InChI=1S/C60H49BN4O3.Pt/c1-36(2)44-16-13-17-45(37(3)4)58(44)64-29-28-63-59(64)39-14-12-15-42(30-39)66-43-23-24-46-47-31-38(22-25-50(47)65(51(46)35-43)56-34-41(26-27-62-56)60(5,6)7)40-32-54-57-55(33-40)68-53-21-11-9-19-49(53)61(57)48-18-8-10-20-52(48)67-54;/h8-29,31-34,36-37H,1-7H3;/q-2;+2. The van der Waals surface area contributed by atoms with Crippen LogP contribution >= 0.6 is 0 Å². The first kappa shape index (κ1) is 44.4. The van der Waals surface area contributed by atoms with Gasteiger partial charge in [0.15, 0.2) is 0 Å². The Hall–Kier alpha value is -7.15. The number of aromatic nitrogens is 4. The van der Waals surface area contributed by atoms with Crippen molar-refractivity contribution in [3.05, 3.63) is 187 Å². The predicted octanol–water partition coefficient (Wildman–Crippen LogP) is 13.4. The zero-order chi connectivity index (χ0) is 46.4. The van der Waals surface area contributed by atoms with Crippen LogP contribution in [0.4, 0.5) is 0 Å². The summed E-state index contributed by atoms with van der Waals surface area (Å²) in [7, 11) is 0. The van der Waals surface area contributed by atoms with Crippen molar-refractivity contribution in [2.75, 3.05) is 0 Å². The second-order valence-electron chi connectivity index (χ2n) is 19.6. The fourth-order valence-corrected chi connectivity index (χ4v) is 10.2. The molecule has 0 unspecified atom stereocenters. The van der Waals surface area contributed by atoms with E-state index in [1.54, 1.807) is 0 Å². The van der Waals surface area contributed by atoms with Crippen molar-refractivity contribution in [3.8, 4) is 68.5 Å². The molecule has 2 aliphatic heterocycles. The van der Waals surface area contributed by atoms with Gasteiger partial charge in [-0.25, -0.2) is 4.98 Å². The van der Waals surface area contributed by atoms with Gasteiger partial charge in [-0.05, 0) is 104 Å². The molecule has 2 aliphatic rings. The minimum absolute atomic E-state index is 0. The van der Waals surface area contributed by atoms with Crippen molar-refractivity contribution >= 4 is 44.9 Å². The van der Waals surface area contributed by atoms with Crippen LogP contribution in [0, 0.1) is 12.1 Å². The van der Waals surface area contributed by atoms with Crippen LogP contribution < -0.4 is 30.6 Å². The van der Waals surface area contributed by atoms with Gasteiger partial charge in [0.1, 0.15) is 28.8 Å². The van der Waals surface area contributed by atoms with Gasteiger partial charge in [0.05, 0.1) is 5.82 Å². The van der Waals surface area contributed by atoms with Crippen LogP contribution in [0.25, 0.3) is 55.8 Å². The molecule has 0 N–H and O–H groups in total. The van der Waals surface area contributed by atoms with Crippen molar-refractivity contribution in [1.82, 2.24) is 19.1 Å². The van der Waals surface area contributed by atoms with E-state index in [9.17, 15) is 0 Å². The molecule has 3 aromatic heterocycles. The average Bonchev–Trinajstić information content (AvgIpc) is 3.96. The van der Waals surface area contributed by atoms with Crippen molar-refractivity contribution in [1.29, 1.82) is 0 Å². The number of hydrogen-bond acceptors (Lipinski definition) is 5. The van der Waals surface area contributed by atoms with Gasteiger partial charge in [-0.3, -0.25) is 4.98 Å². The van der Waals surface area contributed by atoms with Crippen LogP contribution in [-0.2, 0) is 26.5 Å². The van der Waals surface area contributed by atoms with Gasteiger partial charge in [0.25, 0.3) is 6.71 Å². The molecule has 9 heteroatoms. The summed E-state index contributed by atoms with van der Waals surface area (Å²) in [5, 5.41) is 2.09. The molecule has 10 aromatic rings. The fourth-order valence-electron chi connectivity index (χ4n) is 10.2. The molecule has 340 valence electrons. The van der Waals surface area contributed by atoms with Crippen molar-refractivity contribution in [3.63, 3.8) is 0 Å². The molecule has 0 radical (unpaired) electrons. The van der Waals surface area contributed by atoms with E-state index in [1.807, 2.05) is 48.8 Å². The summed E-state index contributed by atoms with van der Waals surface area (Å²) in [6, 6.07) is 55.9. The van der Waals surface area contributed by atoms with Crippen molar-refractivity contribution < 1.29 is 35.3 Å². The zero-order valence-corrected chi connectivity index (χ0v) is 41.8. The number of hydrogen-bond donors (Lipinski definition) is 0. The van der Waals surface area contributed by atoms with Crippen molar-refractivity contribution in [2.45, 2.75) is 65.7 Å². The largest absolute Gasteiger partial charge is 2.00 e. The molecule has 0 spiro atoms. The first-order valence-electron chi connectivity index (χ1n) is 23.5.